The van der Waals surface area contributed by atoms with Crippen molar-refractivity contribution in [1.82, 2.24) is 0 Å². The topological polar surface area (TPSA) is 17.1 Å². The molecule has 2 aromatic rings. The van der Waals surface area contributed by atoms with Gasteiger partial charge >= 0.3 is 0 Å². The van der Waals surface area contributed by atoms with Crippen LogP contribution in [-0.4, -0.2) is 5.78 Å². The van der Waals surface area contributed by atoms with Crippen molar-refractivity contribution in [2.24, 2.45) is 0 Å². The quantitative estimate of drug-likeness (QED) is 0.753. The third-order valence-electron chi connectivity index (χ3n) is 3.16. The number of ketones is 1. The Hall–Kier alpha value is -1.48. The fourth-order valence-electron chi connectivity index (χ4n) is 1.87. The van der Waals surface area contributed by atoms with E-state index in [1.54, 1.807) is 12.1 Å². The smallest absolute Gasteiger partial charge is 0.167 e. The average molecular weight is 321 g/mol. The van der Waals surface area contributed by atoms with E-state index in [0.29, 0.717) is 5.56 Å². The highest BCUT2D eigenvalue weighted by atomic mass is 79.9. The second-order valence-electron chi connectivity index (χ2n) is 4.63. The summed E-state index contributed by atoms with van der Waals surface area (Å²) in [7, 11) is 0. The largest absolute Gasteiger partial charge is 0.294 e. The predicted octanol–water partition coefficient (Wildman–Crippen LogP) is 4.63. The standard InChI is InChI=1S/C16H14BrFO/c1-10-4-6-14(18)7-13(10)9-16(19)12-5-3-11(2)15(17)8-12/h3-8H,9H2,1-2H3. The Balaban J connectivity index is 2.25. The van der Waals surface area contributed by atoms with E-state index in [2.05, 4.69) is 15.9 Å². The van der Waals surface area contributed by atoms with Crippen molar-refractivity contribution in [3.8, 4) is 0 Å². The molecule has 0 aliphatic heterocycles. The molecule has 0 saturated heterocycles. The SMILES string of the molecule is Cc1ccc(C(=O)Cc2cc(F)ccc2C)cc1Br. The Morgan fingerprint density at radius 3 is 2.47 bits per heavy atom. The molecule has 0 aliphatic carbocycles. The zero-order valence-electron chi connectivity index (χ0n) is 10.8. The monoisotopic (exact) mass is 320 g/mol. The van der Waals surface area contributed by atoms with E-state index < -0.39 is 0 Å². The molecule has 1 nitrogen and oxygen atoms in total. The van der Waals surface area contributed by atoms with Crippen LogP contribution in [-0.2, 0) is 6.42 Å². The molecule has 0 amide bonds. The minimum Gasteiger partial charge on any atom is -0.294 e. The van der Waals surface area contributed by atoms with Gasteiger partial charge in [0.05, 0.1) is 0 Å². The molecule has 0 unspecified atom stereocenters. The zero-order valence-corrected chi connectivity index (χ0v) is 12.4. The van der Waals surface area contributed by atoms with Crippen molar-refractivity contribution in [2.45, 2.75) is 20.3 Å². The molecule has 0 aromatic heterocycles. The summed E-state index contributed by atoms with van der Waals surface area (Å²) in [6.07, 6.45) is 0.221. The Morgan fingerprint density at radius 1 is 1.11 bits per heavy atom. The second-order valence-corrected chi connectivity index (χ2v) is 5.49. The fourth-order valence-corrected chi connectivity index (χ4v) is 2.25. The van der Waals surface area contributed by atoms with Crippen molar-refractivity contribution in [2.75, 3.05) is 0 Å². The molecule has 0 heterocycles. The van der Waals surface area contributed by atoms with Crippen molar-refractivity contribution in [1.29, 1.82) is 0 Å². The average Bonchev–Trinajstić information content (AvgIpc) is 2.37. The van der Waals surface area contributed by atoms with Gasteiger partial charge in [0.1, 0.15) is 5.82 Å². The lowest BCUT2D eigenvalue weighted by Crippen LogP contribution is -2.05. The molecule has 2 aromatic carbocycles. The summed E-state index contributed by atoms with van der Waals surface area (Å²) in [4.78, 5) is 12.2. The number of Topliss-reactive ketones (excluding diaryl/α,β-unsaturated/α-hetero) is 1. The zero-order chi connectivity index (χ0) is 14.0. The first-order chi connectivity index (χ1) is 8.97. The number of hydrogen-bond donors (Lipinski definition) is 0. The van der Waals surface area contributed by atoms with Crippen LogP contribution in [0.25, 0.3) is 0 Å². The molecule has 0 atom stereocenters. The highest BCUT2D eigenvalue weighted by Crippen LogP contribution is 2.19. The van der Waals surface area contributed by atoms with Gasteiger partial charge in [0, 0.05) is 16.5 Å². The van der Waals surface area contributed by atoms with Gasteiger partial charge in [0.15, 0.2) is 5.78 Å². The van der Waals surface area contributed by atoms with Crippen LogP contribution in [0.3, 0.4) is 0 Å². The molecule has 3 heteroatoms. The number of carbonyl (C=O) groups is 1. The molecule has 0 radical (unpaired) electrons. The summed E-state index contributed by atoms with van der Waals surface area (Å²) < 4.78 is 14.1. The Bertz CT molecular complexity index is 635. The summed E-state index contributed by atoms with van der Waals surface area (Å²) in [5, 5.41) is 0. The number of halogens is 2. The molecule has 0 saturated carbocycles. The molecule has 0 bridgehead atoms. The normalized spacial score (nSPS) is 10.5. The van der Waals surface area contributed by atoms with Crippen LogP contribution in [0.2, 0.25) is 0 Å². The summed E-state index contributed by atoms with van der Waals surface area (Å²) in [5.74, 6) is -0.312. The number of hydrogen-bond acceptors (Lipinski definition) is 1. The van der Waals surface area contributed by atoms with Crippen LogP contribution >= 0.6 is 15.9 Å². The van der Waals surface area contributed by atoms with E-state index in [9.17, 15) is 9.18 Å². The first-order valence-electron chi connectivity index (χ1n) is 6.02. The summed E-state index contributed by atoms with van der Waals surface area (Å²) >= 11 is 3.41. The third kappa shape index (κ3) is 3.29. The fraction of sp³-hybridized carbons (Fsp3) is 0.188. The van der Waals surface area contributed by atoms with Crippen LogP contribution in [0.15, 0.2) is 40.9 Å². The number of benzene rings is 2. The molecule has 0 aliphatic rings. The van der Waals surface area contributed by atoms with Crippen molar-refractivity contribution < 1.29 is 9.18 Å². The van der Waals surface area contributed by atoms with E-state index in [1.165, 1.54) is 12.1 Å². The minimum atomic E-state index is -0.307. The first-order valence-corrected chi connectivity index (χ1v) is 6.81. The predicted molar refractivity (Wildman–Crippen MR) is 78.1 cm³/mol. The van der Waals surface area contributed by atoms with Crippen LogP contribution in [0, 0.1) is 19.7 Å². The maximum Gasteiger partial charge on any atom is 0.167 e. The number of rotatable bonds is 3. The van der Waals surface area contributed by atoms with E-state index in [1.807, 2.05) is 26.0 Å². The number of aryl methyl sites for hydroxylation is 2. The van der Waals surface area contributed by atoms with Gasteiger partial charge in [-0.15, -0.1) is 0 Å². The lowest BCUT2D eigenvalue weighted by Gasteiger charge is -2.07. The van der Waals surface area contributed by atoms with E-state index in [4.69, 9.17) is 0 Å². The maximum absolute atomic E-state index is 13.2. The van der Waals surface area contributed by atoms with E-state index in [-0.39, 0.29) is 18.0 Å². The van der Waals surface area contributed by atoms with E-state index >= 15 is 0 Å². The highest BCUT2D eigenvalue weighted by Gasteiger charge is 2.10. The molecule has 0 fully saturated rings. The van der Waals surface area contributed by atoms with Gasteiger partial charge in [-0.05, 0) is 48.7 Å². The van der Waals surface area contributed by atoms with Gasteiger partial charge < -0.3 is 0 Å². The maximum atomic E-state index is 13.2. The third-order valence-corrected chi connectivity index (χ3v) is 4.01. The van der Waals surface area contributed by atoms with Gasteiger partial charge in [0.25, 0.3) is 0 Å². The Labute approximate surface area is 120 Å². The highest BCUT2D eigenvalue weighted by molar-refractivity contribution is 9.10. The van der Waals surface area contributed by atoms with Gasteiger partial charge in [0.2, 0.25) is 0 Å². The lowest BCUT2D eigenvalue weighted by atomic mass is 9.99. The van der Waals surface area contributed by atoms with Crippen LogP contribution in [0.1, 0.15) is 27.0 Å². The van der Waals surface area contributed by atoms with Crippen molar-refractivity contribution in [3.63, 3.8) is 0 Å². The van der Waals surface area contributed by atoms with Gasteiger partial charge in [-0.1, -0.05) is 34.1 Å². The Kier molecular flexibility index (Phi) is 4.15. The van der Waals surface area contributed by atoms with Crippen LogP contribution in [0.5, 0.6) is 0 Å². The minimum absolute atomic E-state index is 0.00519. The lowest BCUT2D eigenvalue weighted by molar-refractivity contribution is 0.0992. The van der Waals surface area contributed by atoms with Gasteiger partial charge in [-0.2, -0.15) is 0 Å². The van der Waals surface area contributed by atoms with Crippen LogP contribution < -0.4 is 0 Å². The van der Waals surface area contributed by atoms with Gasteiger partial charge in [-0.3, -0.25) is 4.79 Å². The van der Waals surface area contributed by atoms with E-state index in [0.717, 1.165) is 21.2 Å². The molecular formula is C16H14BrFO. The molecule has 0 spiro atoms. The number of carbonyl (C=O) groups excluding carboxylic acids is 1. The molecule has 19 heavy (non-hydrogen) atoms. The van der Waals surface area contributed by atoms with Gasteiger partial charge in [-0.25, -0.2) is 4.39 Å². The summed E-state index contributed by atoms with van der Waals surface area (Å²) in [5.41, 5.74) is 3.39. The molecule has 98 valence electrons. The van der Waals surface area contributed by atoms with Crippen molar-refractivity contribution >= 4 is 21.7 Å². The summed E-state index contributed by atoms with van der Waals surface area (Å²) in [6, 6.07) is 10.0. The molecule has 2 rings (SSSR count). The van der Waals surface area contributed by atoms with Crippen molar-refractivity contribution in [3.05, 3.63) is 68.9 Å². The molecular weight excluding hydrogens is 307 g/mol. The van der Waals surface area contributed by atoms with Crippen LogP contribution in [0.4, 0.5) is 4.39 Å². The first kappa shape index (κ1) is 13.9. The summed E-state index contributed by atoms with van der Waals surface area (Å²) in [6.45, 7) is 3.85. The second kappa shape index (κ2) is 5.66. The molecule has 0 N–H and O–H groups in total. The Morgan fingerprint density at radius 2 is 1.79 bits per heavy atom.